The van der Waals surface area contributed by atoms with Crippen LogP contribution in [0.15, 0.2) is 47.9 Å². The van der Waals surface area contributed by atoms with Crippen molar-refractivity contribution in [2.75, 3.05) is 18.8 Å². The van der Waals surface area contributed by atoms with Gasteiger partial charge in [-0.25, -0.2) is 13.4 Å². The lowest BCUT2D eigenvalue weighted by Gasteiger charge is -2.24. The summed E-state index contributed by atoms with van der Waals surface area (Å²) in [6.07, 6.45) is 6.23. The van der Waals surface area contributed by atoms with E-state index in [-0.39, 0.29) is 5.75 Å². The average Bonchev–Trinajstić information content (AvgIpc) is 3.21. The Morgan fingerprint density at radius 3 is 2.78 bits per heavy atom. The fourth-order valence-electron chi connectivity index (χ4n) is 3.14. The SMILES string of the molecule is O=S(=O)(CCCN1CCCC1Cn1cncn1)c1ccccc1. The lowest BCUT2D eigenvalue weighted by molar-refractivity contribution is 0.228. The maximum atomic E-state index is 12.3. The number of rotatable bonds is 7. The van der Waals surface area contributed by atoms with Gasteiger partial charge in [-0.15, -0.1) is 0 Å². The largest absolute Gasteiger partial charge is 0.299 e. The Morgan fingerprint density at radius 2 is 2.04 bits per heavy atom. The Balaban J connectivity index is 1.52. The van der Waals surface area contributed by atoms with E-state index in [1.165, 1.54) is 0 Å². The number of aromatic nitrogens is 3. The summed E-state index contributed by atoms with van der Waals surface area (Å²) >= 11 is 0. The van der Waals surface area contributed by atoms with Crippen LogP contribution in [0.2, 0.25) is 0 Å². The van der Waals surface area contributed by atoms with E-state index in [2.05, 4.69) is 15.0 Å². The minimum Gasteiger partial charge on any atom is -0.299 e. The molecule has 1 unspecified atom stereocenters. The quantitative estimate of drug-likeness (QED) is 0.769. The van der Waals surface area contributed by atoms with Crippen LogP contribution in [0.25, 0.3) is 0 Å². The second kappa shape index (κ2) is 7.23. The van der Waals surface area contributed by atoms with Gasteiger partial charge in [0.1, 0.15) is 12.7 Å². The van der Waals surface area contributed by atoms with Gasteiger partial charge in [-0.3, -0.25) is 9.58 Å². The second-order valence-electron chi connectivity index (χ2n) is 5.94. The van der Waals surface area contributed by atoms with Crippen molar-refractivity contribution in [1.29, 1.82) is 0 Å². The molecule has 0 spiro atoms. The summed E-state index contributed by atoms with van der Waals surface area (Å²) in [5, 5.41) is 4.16. The van der Waals surface area contributed by atoms with Crippen molar-refractivity contribution in [2.24, 2.45) is 0 Å². The number of benzene rings is 1. The zero-order chi connectivity index (χ0) is 16.1. The monoisotopic (exact) mass is 334 g/mol. The fourth-order valence-corrected chi connectivity index (χ4v) is 4.46. The number of hydrogen-bond acceptors (Lipinski definition) is 5. The summed E-state index contributed by atoms with van der Waals surface area (Å²) in [6.45, 7) is 2.67. The van der Waals surface area contributed by atoms with E-state index in [1.54, 1.807) is 36.9 Å². The number of sulfone groups is 1. The number of hydrogen-bond donors (Lipinski definition) is 0. The van der Waals surface area contributed by atoms with E-state index >= 15 is 0 Å². The normalized spacial score (nSPS) is 19.2. The molecule has 0 aliphatic carbocycles. The van der Waals surface area contributed by atoms with E-state index in [9.17, 15) is 8.42 Å². The topological polar surface area (TPSA) is 68.1 Å². The van der Waals surface area contributed by atoms with Crippen LogP contribution in [0.3, 0.4) is 0 Å². The van der Waals surface area contributed by atoms with E-state index in [4.69, 9.17) is 0 Å². The summed E-state index contributed by atoms with van der Waals surface area (Å²) in [5.41, 5.74) is 0. The highest BCUT2D eigenvalue weighted by Gasteiger charge is 2.25. The van der Waals surface area contributed by atoms with Gasteiger partial charge in [-0.1, -0.05) is 18.2 Å². The van der Waals surface area contributed by atoms with Gasteiger partial charge in [-0.05, 0) is 44.5 Å². The minimum absolute atomic E-state index is 0.198. The smallest absolute Gasteiger partial charge is 0.178 e. The van der Waals surface area contributed by atoms with E-state index in [0.717, 1.165) is 32.5 Å². The van der Waals surface area contributed by atoms with Crippen LogP contribution in [0, 0.1) is 0 Å². The van der Waals surface area contributed by atoms with Gasteiger partial charge in [0.2, 0.25) is 0 Å². The molecule has 1 fully saturated rings. The lowest BCUT2D eigenvalue weighted by Crippen LogP contribution is -2.34. The molecular weight excluding hydrogens is 312 g/mol. The van der Waals surface area contributed by atoms with Crippen LogP contribution in [0.4, 0.5) is 0 Å². The predicted octanol–water partition coefficient (Wildman–Crippen LogP) is 1.61. The first-order valence-electron chi connectivity index (χ1n) is 7.99. The molecule has 0 saturated carbocycles. The molecule has 3 rings (SSSR count). The Kier molecular flexibility index (Phi) is 5.07. The molecule has 2 aromatic rings. The van der Waals surface area contributed by atoms with Gasteiger partial charge in [0.25, 0.3) is 0 Å². The third kappa shape index (κ3) is 4.17. The summed E-state index contributed by atoms with van der Waals surface area (Å²) < 4.78 is 26.5. The Bertz CT molecular complexity index is 701. The van der Waals surface area contributed by atoms with Crippen molar-refractivity contribution in [3.8, 4) is 0 Å². The molecular formula is C16H22N4O2S. The Labute approximate surface area is 137 Å². The second-order valence-corrected chi connectivity index (χ2v) is 8.04. The molecule has 7 heteroatoms. The van der Waals surface area contributed by atoms with Gasteiger partial charge in [0.05, 0.1) is 17.2 Å². The van der Waals surface area contributed by atoms with Crippen molar-refractivity contribution >= 4 is 9.84 Å². The molecule has 1 saturated heterocycles. The number of likely N-dealkylation sites (tertiary alicyclic amines) is 1. The summed E-state index contributed by atoms with van der Waals surface area (Å²) in [7, 11) is -3.17. The van der Waals surface area contributed by atoms with Crippen molar-refractivity contribution in [3.05, 3.63) is 43.0 Å². The first-order valence-corrected chi connectivity index (χ1v) is 9.65. The van der Waals surface area contributed by atoms with Crippen molar-refractivity contribution in [2.45, 2.75) is 36.7 Å². The third-order valence-electron chi connectivity index (χ3n) is 4.32. The summed E-state index contributed by atoms with van der Waals surface area (Å²) in [5.74, 6) is 0.198. The highest BCUT2D eigenvalue weighted by Crippen LogP contribution is 2.19. The molecule has 0 bridgehead atoms. The third-order valence-corrected chi connectivity index (χ3v) is 6.14. The summed E-state index contributed by atoms with van der Waals surface area (Å²) in [4.78, 5) is 6.77. The predicted molar refractivity (Wildman–Crippen MR) is 87.7 cm³/mol. The molecule has 0 N–H and O–H groups in total. The van der Waals surface area contributed by atoms with Crippen molar-refractivity contribution in [3.63, 3.8) is 0 Å². The average molecular weight is 334 g/mol. The van der Waals surface area contributed by atoms with Crippen LogP contribution >= 0.6 is 0 Å². The van der Waals surface area contributed by atoms with Gasteiger partial charge in [0.15, 0.2) is 9.84 Å². The molecule has 6 nitrogen and oxygen atoms in total. The van der Waals surface area contributed by atoms with E-state index < -0.39 is 9.84 Å². The van der Waals surface area contributed by atoms with E-state index in [0.29, 0.717) is 17.4 Å². The van der Waals surface area contributed by atoms with Crippen LogP contribution in [-0.4, -0.2) is 53.0 Å². The van der Waals surface area contributed by atoms with Crippen LogP contribution < -0.4 is 0 Å². The zero-order valence-corrected chi connectivity index (χ0v) is 13.9. The molecule has 1 atom stereocenters. The maximum Gasteiger partial charge on any atom is 0.178 e. The summed E-state index contributed by atoms with van der Waals surface area (Å²) in [6, 6.07) is 9.12. The first-order chi connectivity index (χ1) is 11.1. The van der Waals surface area contributed by atoms with Crippen LogP contribution in [0.5, 0.6) is 0 Å². The molecule has 1 aromatic carbocycles. The van der Waals surface area contributed by atoms with E-state index in [1.807, 2.05) is 10.7 Å². The fraction of sp³-hybridized carbons (Fsp3) is 0.500. The van der Waals surface area contributed by atoms with Gasteiger partial charge >= 0.3 is 0 Å². The highest BCUT2D eigenvalue weighted by atomic mass is 32.2. The van der Waals surface area contributed by atoms with Gasteiger partial charge in [-0.2, -0.15) is 5.10 Å². The van der Waals surface area contributed by atoms with Crippen molar-refractivity contribution in [1.82, 2.24) is 19.7 Å². The van der Waals surface area contributed by atoms with Gasteiger partial charge < -0.3 is 0 Å². The van der Waals surface area contributed by atoms with Crippen LogP contribution in [-0.2, 0) is 16.4 Å². The highest BCUT2D eigenvalue weighted by molar-refractivity contribution is 7.91. The molecule has 2 heterocycles. The van der Waals surface area contributed by atoms with Crippen LogP contribution in [0.1, 0.15) is 19.3 Å². The van der Waals surface area contributed by atoms with Gasteiger partial charge in [0, 0.05) is 6.04 Å². The maximum absolute atomic E-state index is 12.3. The first kappa shape index (κ1) is 16.1. The number of nitrogens with zero attached hydrogens (tertiary/aromatic N) is 4. The zero-order valence-electron chi connectivity index (χ0n) is 13.1. The molecule has 124 valence electrons. The molecule has 1 aromatic heterocycles. The standard InChI is InChI=1S/C16H22N4O2S/c21-23(22,16-7-2-1-3-8-16)11-5-10-19-9-4-6-15(19)12-20-14-17-13-18-20/h1-3,7-8,13-15H,4-6,9-12H2. The van der Waals surface area contributed by atoms with Crippen molar-refractivity contribution < 1.29 is 8.42 Å². The molecule has 0 radical (unpaired) electrons. The molecule has 1 aliphatic rings. The lowest BCUT2D eigenvalue weighted by atomic mass is 10.2. The molecule has 0 amide bonds. The molecule has 23 heavy (non-hydrogen) atoms. The minimum atomic E-state index is -3.17. The Hall–Kier alpha value is -1.73. The molecule has 1 aliphatic heterocycles. The Morgan fingerprint density at radius 1 is 1.22 bits per heavy atom.